The van der Waals surface area contributed by atoms with E-state index in [1.165, 1.54) is 0 Å². The van der Waals surface area contributed by atoms with Crippen molar-refractivity contribution in [3.8, 4) is 5.75 Å². The van der Waals surface area contributed by atoms with Crippen LogP contribution in [0.3, 0.4) is 0 Å². The van der Waals surface area contributed by atoms with Gasteiger partial charge < -0.3 is 19.6 Å². The van der Waals surface area contributed by atoms with E-state index in [1.807, 2.05) is 19.9 Å². The first kappa shape index (κ1) is 14.4. The van der Waals surface area contributed by atoms with Crippen molar-refractivity contribution in [2.45, 2.75) is 26.3 Å². The van der Waals surface area contributed by atoms with Crippen LogP contribution in [0.2, 0.25) is 0 Å². The van der Waals surface area contributed by atoms with Crippen LogP contribution in [0.25, 0.3) is 11.0 Å². The smallest absolute Gasteiger partial charge is 0.287 e. The van der Waals surface area contributed by atoms with E-state index in [0.29, 0.717) is 17.8 Å². The monoisotopic (exact) mass is 277 g/mol. The largest absolute Gasteiger partial charge is 0.497 e. The third kappa shape index (κ3) is 2.77. The molecule has 5 heteroatoms. The van der Waals surface area contributed by atoms with Crippen molar-refractivity contribution < 1.29 is 19.1 Å². The highest BCUT2D eigenvalue weighted by Gasteiger charge is 2.19. The van der Waals surface area contributed by atoms with Gasteiger partial charge in [-0.15, -0.1) is 0 Å². The molecule has 0 saturated carbocycles. The molecule has 2 aromatic rings. The van der Waals surface area contributed by atoms with E-state index in [1.54, 1.807) is 19.2 Å². The van der Waals surface area contributed by atoms with Gasteiger partial charge in [-0.05, 0) is 38.5 Å². The summed E-state index contributed by atoms with van der Waals surface area (Å²) in [6.45, 7) is 3.73. The quantitative estimate of drug-likeness (QED) is 0.879. The fourth-order valence-corrected chi connectivity index (χ4v) is 2.10. The van der Waals surface area contributed by atoms with Crippen molar-refractivity contribution in [1.29, 1.82) is 0 Å². The lowest BCUT2D eigenvalue weighted by Gasteiger charge is -2.11. The normalized spacial score (nSPS) is 12.4. The number of methoxy groups -OCH3 is 1. The Bertz CT molecular complexity index is 618. The number of aryl methyl sites for hydroxylation is 1. The zero-order valence-electron chi connectivity index (χ0n) is 11.9. The average molecular weight is 277 g/mol. The Kier molecular flexibility index (Phi) is 4.29. The van der Waals surface area contributed by atoms with Gasteiger partial charge in [-0.3, -0.25) is 4.79 Å². The maximum atomic E-state index is 12.2. The molecule has 0 aliphatic heterocycles. The van der Waals surface area contributed by atoms with Gasteiger partial charge in [0.15, 0.2) is 5.76 Å². The number of benzene rings is 1. The van der Waals surface area contributed by atoms with Gasteiger partial charge in [0.2, 0.25) is 0 Å². The molecular weight excluding hydrogens is 258 g/mol. The van der Waals surface area contributed by atoms with Gasteiger partial charge in [0.05, 0.1) is 7.11 Å². The molecule has 0 spiro atoms. The lowest BCUT2D eigenvalue weighted by molar-refractivity contribution is 0.0907. The molecule has 0 bridgehead atoms. The lowest BCUT2D eigenvalue weighted by Crippen LogP contribution is -2.33. The number of furan rings is 1. The van der Waals surface area contributed by atoms with E-state index in [0.717, 1.165) is 16.7 Å². The molecule has 0 saturated heterocycles. The number of hydrogen-bond donors (Lipinski definition) is 2. The van der Waals surface area contributed by atoms with Crippen LogP contribution in [0.1, 0.15) is 29.5 Å². The molecule has 1 aromatic heterocycles. The fraction of sp³-hybridized carbons (Fsp3) is 0.400. The number of amides is 1. The molecule has 0 aliphatic rings. The molecule has 20 heavy (non-hydrogen) atoms. The fourth-order valence-electron chi connectivity index (χ4n) is 2.10. The average Bonchev–Trinajstić information content (AvgIpc) is 2.76. The molecule has 0 radical (unpaired) electrons. The molecule has 5 nitrogen and oxygen atoms in total. The predicted molar refractivity (Wildman–Crippen MR) is 76.1 cm³/mol. The minimum Gasteiger partial charge on any atom is -0.497 e. The Morgan fingerprint density at radius 3 is 2.90 bits per heavy atom. The van der Waals surface area contributed by atoms with E-state index in [4.69, 9.17) is 14.3 Å². The Morgan fingerprint density at radius 2 is 2.25 bits per heavy atom. The first-order chi connectivity index (χ1) is 9.56. The molecule has 1 amide bonds. The first-order valence-corrected chi connectivity index (χ1v) is 6.55. The topological polar surface area (TPSA) is 71.7 Å². The number of aliphatic hydroxyl groups is 1. The second-order valence-electron chi connectivity index (χ2n) is 4.81. The number of ether oxygens (including phenoxy) is 1. The summed E-state index contributed by atoms with van der Waals surface area (Å²) in [7, 11) is 1.60. The summed E-state index contributed by atoms with van der Waals surface area (Å²) in [5.74, 6) is 0.763. The molecule has 0 aliphatic carbocycles. The number of aliphatic hydroxyl groups excluding tert-OH is 1. The van der Waals surface area contributed by atoms with E-state index in [9.17, 15) is 4.79 Å². The van der Waals surface area contributed by atoms with Crippen LogP contribution >= 0.6 is 0 Å². The maximum Gasteiger partial charge on any atom is 0.287 e. The summed E-state index contributed by atoms with van der Waals surface area (Å²) in [5.41, 5.74) is 1.44. The van der Waals surface area contributed by atoms with E-state index in [-0.39, 0.29) is 18.6 Å². The molecule has 108 valence electrons. The standard InChI is InChI=1S/C15H19NO4/c1-9(6-7-17)16-15(18)14-10(2)12-8-11(19-3)4-5-13(12)20-14/h4-5,8-9,17H,6-7H2,1-3H3,(H,16,18). The molecule has 2 rings (SSSR count). The van der Waals surface area contributed by atoms with Crippen LogP contribution in [0.15, 0.2) is 22.6 Å². The SMILES string of the molecule is COc1ccc2oc(C(=O)NC(C)CCO)c(C)c2c1. The summed E-state index contributed by atoms with van der Waals surface area (Å²) >= 11 is 0. The van der Waals surface area contributed by atoms with Crippen LogP contribution in [0, 0.1) is 6.92 Å². The van der Waals surface area contributed by atoms with Crippen LogP contribution in [0.5, 0.6) is 5.75 Å². The van der Waals surface area contributed by atoms with Gasteiger partial charge >= 0.3 is 0 Å². The lowest BCUT2D eigenvalue weighted by atomic mass is 10.1. The number of nitrogens with one attached hydrogen (secondary N) is 1. The number of carbonyl (C=O) groups excluding carboxylic acids is 1. The van der Waals surface area contributed by atoms with Crippen molar-refractivity contribution in [1.82, 2.24) is 5.32 Å². The molecule has 1 unspecified atom stereocenters. The van der Waals surface area contributed by atoms with E-state index < -0.39 is 0 Å². The van der Waals surface area contributed by atoms with Crippen molar-refractivity contribution in [3.63, 3.8) is 0 Å². The highest BCUT2D eigenvalue weighted by Crippen LogP contribution is 2.28. The second kappa shape index (κ2) is 5.96. The van der Waals surface area contributed by atoms with E-state index in [2.05, 4.69) is 5.32 Å². The first-order valence-electron chi connectivity index (χ1n) is 6.55. The molecule has 1 heterocycles. The molecule has 2 N–H and O–H groups in total. The van der Waals surface area contributed by atoms with Crippen LogP contribution in [-0.2, 0) is 0 Å². The van der Waals surface area contributed by atoms with Gasteiger partial charge in [0, 0.05) is 23.6 Å². The summed E-state index contributed by atoms with van der Waals surface area (Å²) < 4.78 is 10.8. The van der Waals surface area contributed by atoms with Crippen molar-refractivity contribution in [3.05, 3.63) is 29.5 Å². The van der Waals surface area contributed by atoms with Crippen LogP contribution < -0.4 is 10.1 Å². The summed E-state index contributed by atoms with van der Waals surface area (Å²) in [6, 6.07) is 5.33. The second-order valence-corrected chi connectivity index (χ2v) is 4.81. The van der Waals surface area contributed by atoms with Gasteiger partial charge in [-0.25, -0.2) is 0 Å². The minimum atomic E-state index is -0.265. The van der Waals surface area contributed by atoms with Crippen molar-refractivity contribution in [2.24, 2.45) is 0 Å². The Labute approximate surface area is 117 Å². The third-order valence-corrected chi connectivity index (χ3v) is 3.29. The molecule has 1 aromatic carbocycles. The minimum absolute atomic E-state index is 0.0394. The highest BCUT2D eigenvalue weighted by molar-refractivity contribution is 5.99. The predicted octanol–water partition coefficient (Wildman–Crippen LogP) is 2.25. The van der Waals surface area contributed by atoms with Crippen molar-refractivity contribution in [2.75, 3.05) is 13.7 Å². The Morgan fingerprint density at radius 1 is 1.50 bits per heavy atom. The van der Waals surface area contributed by atoms with Crippen molar-refractivity contribution >= 4 is 16.9 Å². The maximum absolute atomic E-state index is 12.2. The molecule has 1 atom stereocenters. The summed E-state index contributed by atoms with van der Waals surface area (Å²) in [6.07, 6.45) is 0.513. The zero-order valence-corrected chi connectivity index (χ0v) is 11.9. The number of fused-ring (bicyclic) bond motifs is 1. The van der Waals surface area contributed by atoms with Crippen LogP contribution in [-0.4, -0.2) is 30.8 Å². The third-order valence-electron chi connectivity index (χ3n) is 3.29. The Hall–Kier alpha value is -2.01. The van der Waals surface area contributed by atoms with Gasteiger partial charge in [-0.1, -0.05) is 0 Å². The molecule has 0 fully saturated rings. The summed E-state index contributed by atoms with van der Waals surface area (Å²) in [4.78, 5) is 12.2. The van der Waals surface area contributed by atoms with E-state index >= 15 is 0 Å². The number of carbonyl (C=O) groups is 1. The number of hydrogen-bond acceptors (Lipinski definition) is 4. The van der Waals surface area contributed by atoms with Crippen LogP contribution in [0.4, 0.5) is 0 Å². The van der Waals surface area contributed by atoms with Gasteiger partial charge in [0.1, 0.15) is 11.3 Å². The van der Waals surface area contributed by atoms with Gasteiger partial charge in [0.25, 0.3) is 5.91 Å². The highest BCUT2D eigenvalue weighted by atomic mass is 16.5. The molecular formula is C15H19NO4. The van der Waals surface area contributed by atoms with Gasteiger partial charge in [-0.2, -0.15) is 0 Å². The number of rotatable bonds is 5. The zero-order chi connectivity index (χ0) is 14.7. The Balaban J connectivity index is 2.30. The summed E-state index contributed by atoms with van der Waals surface area (Å²) in [5, 5.41) is 12.5.